The third kappa shape index (κ3) is 2.53. The first kappa shape index (κ1) is 15.3. The highest BCUT2D eigenvalue weighted by molar-refractivity contribution is 6.05. The Morgan fingerprint density at radius 1 is 1.20 bits per heavy atom. The van der Waals surface area contributed by atoms with Crippen LogP contribution in [0.25, 0.3) is 11.3 Å². The molecular weight excluding hydrogens is 322 g/mol. The lowest BCUT2D eigenvalue weighted by Gasteiger charge is -2.29. The molecule has 126 valence electrons. The van der Waals surface area contributed by atoms with Gasteiger partial charge in [0, 0.05) is 30.3 Å². The zero-order valence-corrected chi connectivity index (χ0v) is 13.2. The molecule has 1 aromatic carbocycles. The number of carbonyl (C=O) groups is 3. The predicted octanol–water partition coefficient (Wildman–Crippen LogP) is 1.22. The van der Waals surface area contributed by atoms with Crippen LogP contribution >= 0.6 is 0 Å². The summed E-state index contributed by atoms with van der Waals surface area (Å²) in [4.78, 5) is 41.7. The monoisotopic (exact) mass is 337 g/mol. The number of benzene rings is 1. The number of rotatable bonds is 2. The fourth-order valence-corrected chi connectivity index (χ4v) is 3.34. The molecule has 0 spiro atoms. The Bertz CT molecular complexity index is 909. The molecule has 3 heterocycles. The largest absolute Gasteiger partial charge is 0.506 e. The van der Waals surface area contributed by atoms with E-state index in [9.17, 15) is 19.5 Å². The molecule has 1 atom stereocenters. The molecule has 1 saturated heterocycles. The first-order valence-corrected chi connectivity index (χ1v) is 7.96. The number of hydrogen-bond acceptors (Lipinski definition) is 5. The Balaban J connectivity index is 1.65. The Labute approximate surface area is 143 Å². The summed E-state index contributed by atoms with van der Waals surface area (Å²) in [6, 6.07) is 7.78. The zero-order chi connectivity index (χ0) is 17.6. The van der Waals surface area contributed by atoms with Crippen LogP contribution < -0.4 is 5.32 Å². The maximum atomic E-state index is 12.6. The molecule has 2 aliphatic heterocycles. The van der Waals surface area contributed by atoms with Crippen molar-refractivity contribution in [1.29, 1.82) is 0 Å². The van der Waals surface area contributed by atoms with Crippen LogP contribution in [0.1, 0.15) is 28.8 Å². The number of carbonyl (C=O) groups excluding carboxylic acids is 3. The standard InChI is InChI=1S/C18H15N3O4/c22-14-2-1-7-19-16(14)10-3-4-12-11(8-10)9-21(18(12)25)13-5-6-15(23)20-17(13)24/h1-4,7-8,13,22H,5-6,9H2,(H,20,23,24). The fourth-order valence-electron chi connectivity index (χ4n) is 3.34. The summed E-state index contributed by atoms with van der Waals surface area (Å²) in [6.45, 7) is 0.294. The maximum absolute atomic E-state index is 12.6. The van der Waals surface area contributed by atoms with E-state index in [1.165, 1.54) is 4.90 Å². The summed E-state index contributed by atoms with van der Waals surface area (Å²) in [7, 11) is 0. The molecule has 3 amide bonds. The van der Waals surface area contributed by atoms with Gasteiger partial charge in [0.25, 0.3) is 5.91 Å². The molecule has 4 rings (SSSR count). The minimum absolute atomic E-state index is 0.0637. The van der Waals surface area contributed by atoms with Crippen LogP contribution in [0, 0.1) is 0 Å². The van der Waals surface area contributed by atoms with E-state index in [4.69, 9.17) is 0 Å². The Morgan fingerprint density at radius 3 is 2.80 bits per heavy atom. The Kier molecular flexibility index (Phi) is 3.49. The number of nitrogens with one attached hydrogen (secondary N) is 1. The molecule has 7 heteroatoms. The van der Waals surface area contributed by atoms with Gasteiger partial charge in [-0.2, -0.15) is 0 Å². The highest BCUT2D eigenvalue weighted by Gasteiger charge is 2.39. The van der Waals surface area contributed by atoms with E-state index >= 15 is 0 Å². The van der Waals surface area contributed by atoms with Crippen molar-refractivity contribution in [2.24, 2.45) is 0 Å². The van der Waals surface area contributed by atoms with Crippen LogP contribution in [0.4, 0.5) is 0 Å². The van der Waals surface area contributed by atoms with Gasteiger partial charge < -0.3 is 10.0 Å². The second-order valence-electron chi connectivity index (χ2n) is 6.14. The van der Waals surface area contributed by atoms with Crippen LogP contribution in [0.15, 0.2) is 36.5 Å². The summed E-state index contributed by atoms with van der Waals surface area (Å²) in [5, 5.41) is 12.2. The van der Waals surface area contributed by atoms with E-state index in [-0.39, 0.29) is 24.0 Å². The molecule has 0 radical (unpaired) electrons. The van der Waals surface area contributed by atoms with Gasteiger partial charge in [0.15, 0.2) is 0 Å². The van der Waals surface area contributed by atoms with Crippen LogP contribution in [-0.2, 0) is 16.1 Å². The third-order valence-electron chi connectivity index (χ3n) is 4.58. The quantitative estimate of drug-likeness (QED) is 0.803. The fraction of sp³-hybridized carbons (Fsp3) is 0.222. The molecule has 2 aliphatic rings. The van der Waals surface area contributed by atoms with Gasteiger partial charge in [0.05, 0.1) is 0 Å². The van der Waals surface area contributed by atoms with Crippen LogP contribution in [0.5, 0.6) is 5.75 Å². The van der Waals surface area contributed by atoms with E-state index in [0.29, 0.717) is 29.8 Å². The maximum Gasteiger partial charge on any atom is 0.255 e. The minimum Gasteiger partial charge on any atom is -0.506 e. The van der Waals surface area contributed by atoms with Crippen molar-refractivity contribution in [2.75, 3.05) is 0 Å². The Morgan fingerprint density at radius 2 is 2.04 bits per heavy atom. The van der Waals surface area contributed by atoms with Gasteiger partial charge in [0.2, 0.25) is 11.8 Å². The summed E-state index contributed by atoms with van der Waals surface area (Å²) in [5.41, 5.74) is 2.45. The minimum atomic E-state index is -0.635. The van der Waals surface area contributed by atoms with Gasteiger partial charge in [-0.25, -0.2) is 0 Å². The number of piperidine rings is 1. The third-order valence-corrected chi connectivity index (χ3v) is 4.58. The SMILES string of the molecule is O=C1CCC(N2Cc3cc(-c4ncccc4O)ccc3C2=O)C(=O)N1. The Hall–Kier alpha value is -3.22. The predicted molar refractivity (Wildman–Crippen MR) is 87.4 cm³/mol. The van der Waals surface area contributed by atoms with Gasteiger partial charge in [-0.3, -0.25) is 24.7 Å². The number of pyridine rings is 1. The number of amides is 3. The number of hydrogen-bond donors (Lipinski definition) is 2. The number of nitrogens with zero attached hydrogens (tertiary/aromatic N) is 2. The van der Waals surface area contributed by atoms with Crippen LogP contribution in [-0.4, -0.2) is 38.8 Å². The van der Waals surface area contributed by atoms with Crippen molar-refractivity contribution < 1.29 is 19.5 Å². The molecule has 1 unspecified atom stereocenters. The number of fused-ring (bicyclic) bond motifs is 1. The summed E-state index contributed by atoms with van der Waals surface area (Å²) in [5.74, 6) is -0.895. The van der Waals surface area contributed by atoms with Crippen molar-refractivity contribution in [3.05, 3.63) is 47.7 Å². The summed E-state index contributed by atoms with van der Waals surface area (Å²) < 4.78 is 0. The molecule has 1 fully saturated rings. The van der Waals surface area contributed by atoms with Crippen molar-refractivity contribution in [1.82, 2.24) is 15.2 Å². The lowest BCUT2D eigenvalue weighted by Crippen LogP contribution is -2.52. The average molecular weight is 337 g/mol. The second kappa shape index (κ2) is 5.70. The van der Waals surface area contributed by atoms with Gasteiger partial charge in [-0.15, -0.1) is 0 Å². The normalized spacial score (nSPS) is 19.8. The molecule has 2 N–H and O–H groups in total. The van der Waals surface area contributed by atoms with E-state index in [1.807, 2.05) is 0 Å². The van der Waals surface area contributed by atoms with E-state index in [0.717, 1.165) is 5.56 Å². The molecule has 0 aliphatic carbocycles. The van der Waals surface area contributed by atoms with Gasteiger partial charge in [-0.05, 0) is 36.2 Å². The highest BCUT2D eigenvalue weighted by atomic mass is 16.3. The second-order valence-corrected chi connectivity index (χ2v) is 6.14. The topological polar surface area (TPSA) is 99.6 Å². The van der Waals surface area contributed by atoms with Crippen molar-refractivity contribution in [3.63, 3.8) is 0 Å². The van der Waals surface area contributed by atoms with Gasteiger partial charge in [-0.1, -0.05) is 6.07 Å². The molecule has 7 nitrogen and oxygen atoms in total. The van der Waals surface area contributed by atoms with Crippen molar-refractivity contribution in [2.45, 2.75) is 25.4 Å². The van der Waals surface area contributed by atoms with Crippen LogP contribution in [0.3, 0.4) is 0 Å². The van der Waals surface area contributed by atoms with Crippen molar-refractivity contribution >= 4 is 17.7 Å². The summed E-state index contributed by atoms with van der Waals surface area (Å²) >= 11 is 0. The van der Waals surface area contributed by atoms with E-state index < -0.39 is 11.9 Å². The lowest BCUT2D eigenvalue weighted by atomic mass is 10.0. The zero-order valence-electron chi connectivity index (χ0n) is 13.2. The first-order chi connectivity index (χ1) is 12.0. The lowest BCUT2D eigenvalue weighted by molar-refractivity contribution is -0.136. The van der Waals surface area contributed by atoms with Gasteiger partial charge >= 0.3 is 0 Å². The van der Waals surface area contributed by atoms with Gasteiger partial charge in [0.1, 0.15) is 17.5 Å². The average Bonchev–Trinajstić information content (AvgIpc) is 2.91. The smallest absolute Gasteiger partial charge is 0.255 e. The summed E-state index contributed by atoms with van der Waals surface area (Å²) in [6.07, 6.45) is 2.14. The molecule has 0 saturated carbocycles. The first-order valence-electron chi connectivity index (χ1n) is 7.96. The molecule has 25 heavy (non-hydrogen) atoms. The highest BCUT2D eigenvalue weighted by Crippen LogP contribution is 2.33. The van der Waals surface area contributed by atoms with E-state index in [1.54, 1.807) is 36.5 Å². The van der Waals surface area contributed by atoms with Crippen molar-refractivity contribution in [3.8, 4) is 17.0 Å². The number of imide groups is 1. The number of aromatic hydroxyl groups is 1. The molecule has 1 aromatic heterocycles. The molecular formula is C18H15N3O4. The van der Waals surface area contributed by atoms with Crippen LogP contribution in [0.2, 0.25) is 0 Å². The molecule has 2 aromatic rings. The number of aromatic nitrogens is 1. The van der Waals surface area contributed by atoms with E-state index in [2.05, 4.69) is 10.3 Å². The molecule has 0 bridgehead atoms.